The summed E-state index contributed by atoms with van der Waals surface area (Å²) < 4.78 is 28.9. The van der Waals surface area contributed by atoms with Crippen LogP contribution in [0.15, 0.2) is 17.2 Å². The van der Waals surface area contributed by atoms with Crippen molar-refractivity contribution in [3.8, 4) is 0 Å². The fourth-order valence-corrected chi connectivity index (χ4v) is 4.52. The second kappa shape index (κ2) is 4.79. The van der Waals surface area contributed by atoms with Gasteiger partial charge in [-0.05, 0) is 31.7 Å². The van der Waals surface area contributed by atoms with E-state index in [9.17, 15) is 8.42 Å². The molecule has 1 aromatic heterocycles. The van der Waals surface area contributed by atoms with Crippen LogP contribution in [0.25, 0.3) is 0 Å². The summed E-state index contributed by atoms with van der Waals surface area (Å²) in [6.07, 6.45) is 5.99. The van der Waals surface area contributed by atoms with E-state index >= 15 is 0 Å². The van der Waals surface area contributed by atoms with Gasteiger partial charge in [-0.25, -0.2) is 8.42 Å². The van der Waals surface area contributed by atoms with E-state index in [0.29, 0.717) is 23.4 Å². The highest BCUT2D eigenvalue weighted by Gasteiger charge is 2.38. The summed E-state index contributed by atoms with van der Waals surface area (Å²) >= 11 is 5.93. The molecular formula is C13H19ClN2O2S. The van der Waals surface area contributed by atoms with Gasteiger partial charge < -0.3 is 4.57 Å². The Hall–Kier alpha value is -0.520. The standard InChI is InChI=1S/C13H19ClN2O2S/c1-2-16(11-5-6-11)19(17,18)13-7-12(8-14)15(9-13)10-3-4-10/h7,9-11H,2-6,8H2,1H3. The predicted molar refractivity (Wildman–Crippen MR) is 74.8 cm³/mol. The SMILES string of the molecule is CCN(C1CC1)S(=O)(=O)c1cc(CCl)n(C2CC2)c1. The van der Waals surface area contributed by atoms with E-state index in [-0.39, 0.29) is 6.04 Å². The lowest BCUT2D eigenvalue weighted by molar-refractivity contribution is 0.421. The third kappa shape index (κ3) is 2.43. The van der Waals surface area contributed by atoms with Gasteiger partial charge >= 0.3 is 0 Å². The molecule has 19 heavy (non-hydrogen) atoms. The predicted octanol–water partition coefficient (Wildman–Crippen LogP) is 2.73. The van der Waals surface area contributed by atoms with E-state index in [4.69, 9.17) is 11.6 Å². The number of sulfonamides is 1. The monoisotopic (exact) mass is 302 g/mol. The van der Waals surface area contributed by atoms with E-state index in [1.54, 1.807) is 16.6 Å². The molecule has 0 atom stereocenters. The summed E-state index contributed by atoms with van der Waals surface area (Å²) in [5, 5.41) is 0. The van der Waals surface area contributed by atoms with E-state index < -0.39 is 10.0 Å². The van der Waals surface area contributed by atoms with E-state index in [1.165, 1.54) is 0 Å². The number of rotatable bonds is 6. The third-order valence-electron chi connectivity index (χ3n) is 3.86. The Morgan fingerprint density at radius 3 is 2.53 bits per heavy atom. The Morgan fingerprint density at radius 2 is 2.05 bits per heavy atom. The minimum absolute atomic E-state index is 0.207. The average Bonchev–Trinajstić information content (AvgIpc) is 3.29. The third-order valence-corrected chi connectivity index (χ3v) is 6.12. The van der Waals surface area contributed by atoms with Crippen LogP contribution in [-0.2, 0) is 15.9 Å². The van der Waals surface area contributed by atoms with Crippen molar-refractivity contribution >= 4 is 21.6 Å². The molecule has 0 N–H and O–H groups in total. The van der Waals surface area contributed by atoms with Crippen molar-refractivity contribution in [1.82, 2.24) is 8.87 Å². The van der Waals surface area contributed by atoms with Crippen LogP contribution in [0.1, 0.15) is 44.3 Å². The molecule has 1 heterocycles. The molecule has 0 unspecified atom stereocenters. The maximum absolute atomic E-state index is 12.6. The van der Waals surface area contributed by atoms with Crippen LogP contribution in [0.5, 0.6) is 0 Å². The van der Waals surface area contributed by atoms with Crippen LogP contribution in [0, 0.1) is 0 Å². The first-order chi connectivity index (χ1) is 9.07. The fourth-order valence-electron chi connectivity index (χ4n) is 2.56. The minimum Gasteiger partial charge on any atom is -0.346 e. The van der Waals surface area contributed by atoms with Gasteiger partial charge in [0.15, 0.2) is 0 Å². The number of alkyl halides is 1. The molecule has 2 aliphatic carbocycles. The second-order valence-corrected chi connectivity index (χ2v) is 7.54. The lowest BCUT2D eigenvalue weighted by Crippen LogP contribution is -2.32. The zero-order chi connectivity index (χ0) is 13.6. The first-order valence-electron chi connectivity index (χ1n) is 6.86. The molecule has 1 aromatic rings. The molecule has 6 heteroatoms. The molecular weight excluding hydrogens is 284 g/mol. The van der Waals surface area contributed by atoms with Gasteiger partial charge in [0.1, 0.15) is 4.90 Å². The molecule has 2 aliphatic rings. The highest BCUT2D eigenvalue weighted by atomic mass is 35.5. The molecule has 0 amide bonds. The van der Waals surface area contributed by atoms with Crippen LogP contribution in [0.3, 0.4) is 0 Å². The fraction of sp³-hybridized carbons (Fsp3) is 0.692. The average molecular weight is 303 g/mol. The molecule has 2 fully saturated rings. The molecule has 0 spiro atoms. The number of aromatic nitrogens is 1. The smallest absolute Gasteiger partial charge is 0.244 e. The van der Waals surface area contributed by atoms with Crippen LogP contribution >= 0.6 is 11.6 Å². The summed E-state index contributed by atoms with van der Waals surface area (Å²) in [6, 6.07) is 2.40. The first kappa shape index (κ1) is 13.5. The van der Waals surface area contributed by atoms with Crippen LogP contribution in [0.4, 0.5) is 0 Å². The Morgan fingerprint density at radius 1 is 1.37 bits per heavy atom. The minimum atomic E-state index is -3.35. The number of nitrogens with zero attached hydrogens (tertiary/aromatic N) is 2. The van der Waals surface area contributed by atoms with Gasteiger partial charge in [0.05, 0.1) is 5.88 Å². The zero-order valence-electron chi connectivity index (χ0n) is 11.0. The van der Waals surface area contributed by atoms with Crippen LogP contribution in [-0.4, -0.2) is 29.9 Å². The normalized spacial score (nSPS) is 20.2. The Bertz CT molecular complexity index is 573. The van der Waals surface area contributed by atoms with Gasteiger partial charge in [0.2, 0.25) is 10.0 Å². The van der Waals surface area contributed by atoms with E-state index in [2.05, 4.69) is 0 Å². The zero-order valence-corrected chi connectivity index (χ0v) is 12.6. The Labute approximate surface area is 119 Å². The molecule has 0 saturated heterocycles. The molecule has 4 nitrogen and oxygen atoms in total. The van der Waals surface area contributed by atoms with Gasteiger partial charge in [-0.2, -0.15) is 4.31 Å². The lowest BCUT2D eigenvalue weighted by Gasteiger charge is -2.18. The van der Waals surface area contributed by atoms with Gasteiger partial charge in [-0.15, -0.1) is 11.6 Å². The Kier molecular flexibility index (Phi) is 3.39. The van der Waals surface area contributed by atoms with Gasteiger partial charge in [0.25, 0.3) is 0 Å². The van der Waals surface area contributed by atoms with Crippen molar-refractivity contribution in [3.63, 3.8) is 0 Å². The topological polar surface area (TPSA) is 42.3 Å². The summed E-state index contributed by atoms with van der Waals surface area (Å²) in [7, 11) is -3.35. The molecule has 0 aromatic carbocycles. The molecule has 106 valence electrons. The summed E-state index contributed by atoms with van der Waals surface area (Å²) in [4.78, 5) is 0.406. The van der Waals surface area contributed by atoms with Crippen molar-refractivity contribution in [3.05, 3.63) is 18.0 Å². The molecule has 0 radical (unpaired) electrons. The maximum Gasteiger partial charge on any atom is 0.244 e. The first-order valence-corrected chi connectivity index (χ1v) is 8.84. The summed E-state index contributed by atoms with van der Waals surface area (Å²) in [6.45, 7) is 2.44. The number of halogens is 1. The van der Waals surface area contributed by atoms with Crippen molar-refractivity contribution < 1.29 is 8.42 Å². The lowest BCUT2D eigenvalue weighted by atomic mass is 10.5. The maximum atomic E-state index is 12.6. The highest BCUT2D eigenvalue weighted by molar-refractivity contribution is 7.89. The van der Waals surface area contributed by atoms with Crippen molar-refractivity contribution in [2.45, 2.75) is 55.5 Å². The summed E-state index contributed by atoms with van der Waals surface area (Å²) in [5.74, 6) is 0.363. The summed E-state index contributed by atoms with van der Waals surface area (Å²) in [5.41, 5.74) is 0.912. The van der Waals surface area contributed by atoms with Crippen molar-refractivity contribution in [2.75, 3.05) is 6.54 Å². The van der Waals surface area contributed by atoms with Gasteiger partial charge in [-0.1, -0.05) is 6.92 Å². The van der Waals surface area contributed by atoms with Crippen molar-refractivity contribution in [1.29, 1.82) is 0 Å². The van der Waals surface area contributed by atoms with Gasteiger partial charge in [0, 0.05) is 30.5 Å². The highest BCUT2D eigenvalue weighted by Crippen LogP contribution is 2.39. The second-order valence-electron chi connectivity index (χ2n) is 5.38. The quantitative estimate of drug-likeness (QED) is 0.758. The van der Waals surface area contributed by atoms with E-state index in [0.717, 1.165) is 31.4 Å². The van der Waals surface area contributed by atoms with Crippen LogP contribution in [0.2, 0.25) is 0 Å². The van der Waals surface area contributed by atoms with Crippen LogP contribution < -0.4 is 0 Å². The number of hydrogen-bond acceptors (Lipinski definition) is 2. The molecule has 0 aliphatic heterocycles. The molecule has 3 rings (SSSR count). The number of hydrogen-bond donors (Lipinski definition) is 0. The van der Waals surface area contributed by atoms with E-state index in [1.807, 2.05) is 11.5 Å². The molecule has 0 bridgehead atoms. The molecule has 2 saturated carbocycles. The Balaban J connectivity index is 1.95. The van der Waals surface area contributed by atoms with Crippen molar-refractivity contribution in [2.24, 2.45) is 0 Å². The van der Waals surface area contributed by atoms with Gasteiger partial charge in [-0.3, -0.25) is 0 Å². The largest absolute Gasteiger partial charge is 0.346 e.